The Kier molecular flexibility index (Phi) is 4.70. The molecule has 0 aliphatic carbocycles. The lowest BCUT2D eigenvalue weighted by atomic mass is 10.2. The molecule has 1 rings (SSSR count). The molecular formula is C10H14N4S. The Bertz CT molecular complexity index is 348. The number of hydrazone groups is 1. The summed E-state index contributed by atoms with van der Waals surface area (Å²) < 4.78 is 0. The third kappa shape index (κ3) is 4.03. The minimum absolute atomic E-state index is 0.533. The maximum atomic E-state index is 4.98. The van der Waals surface area contributed by atoms with E-state index >= 15 is 0 Å². The Morgan fingerprint density at radius 2 is 2.13 bits per heavy atom. The molecule has 1 aromatic heterocycles. The van der Waals surface area contributed by atoms with Gasteiger partial charge in [-0.15, -0.1) is 0 Å². The van der Waals surface area contributed by atoms with Crippen LogP contribution in [-0.4, -0.2) is 22.4 Å². The van der Waals surface area contributed by atoms with Crippen LogP contribution < -0.4 is 10.7 Å². The number of aromatic nitrogens is 1. The molecule has 0 spiro atoms. The van der Waals surface area contributed by atoms with E-state index in [9.17, 15) is 0 Å². The van der Waals surface area contributed by atoms with Gasteiger partial charge in [0.25, 0.3) is 0 Å². The van der Waals surface area contributed by atoms with Gasteiger partial charge in [0.2, 0.25) is 0 Å². The Balaban J connectivity index is 2.57. The fourth-order valence-corrected chi connectivity index (χ4v) is 1.18. The summed E-state index contributed by atoms with van der Waals surface area (Å²) in [5, 5.41) is 7.63. The maximum Gasteiger partial charge on any atom is 0.186 e. The summed E-state index contributed by atoms with van der Waals surface area (Å²) in [4.78, 5) is 3.94. The summed E-state index contributed by atoms with van der Waals surface area (Å²) in [5.74, 6) is 0. The standard InChI is InChI=1S/C10H14N4S/c1-3-12-10(15)14-13-8(2)9-4-6-11-7-5-9/h4-7H,3H2,1-2H3,(H2,12,14,15)/b13-8-. The third-order valence-electron chi connectivity index (χ3n) is 1.76. The molecule has 0 aliphatic rings. The third-order valence-corrected chi connectivity index (χ3v) is 2.00. The summed E-state index contributed by atoms with van der Waals surface area (Å²) in [7, 11) is 0. The van der Waals surface area contributed by atoms with Gasteiger partial charge in [0, 0.05) is 24.5 Å². The quantitative estimate of drug-likeness (QED) is 0.459. The van der Waals surface area contributed by atoms with Crippen LogP contribution in [-0.2, 0) is 0 Å². The Hall–Kier alpha value is -1.49. The van der Waals surface area contributed by atoms with Crippen molar-refractivity contribution in [3.63, 3.8) is 0 Å². The average molecular weight is 222 g/mol. The molecule has 1 heterocycles. The minimum Gasteiger partial charge on any atom is -0.362 e. The number of nitrogens with one attached hydrogen (secondary N) is 2. The van der Waals surface area contributed by atoms with Crippen LogP contribution in [0.25, 0.3) is 0 Å². The highest BCUT2D eigenvalue weighted by Gasteiger charge is 1.96. The van der Waals surface area contributed by atoms with Gasteiger partial charge in [-0.25, -0.2) is 0 Å². The zero-order valence-electron chi connectivity index (χ0n) is 8.82. The van der Waals surface area contributed by atoms with Crippen molar-refractivity contribution in [1.82, 2.24) is 15.7 Å². The van der Waals surface area contributed by atoms with Gasteiger partial charge >= 0.3 is 0 Å². The number of pyridine rings is 1. The summed E-state index contributed by atoms with van der Waals surface area (Å²) in [6.07, 6.45) is 3.47. The zero-order chi connectivity index (χ0) is 11.1. The number of rotatable bonds is 3. The van der Waals surface area contributed by atoms with E-state index in [1.165, 1.54) is 0 Å². The normalized spacial score (nSPS) is 10.9. The van der Waals surface area contributed by atoms with Gasteiger partial charge in [0.15, 0.2) is 5.11 Å². The minimum atomic E-state index is 0.533. The second kappa shape index (κ2) is 6.08. The van der Waals surface area contributed by atoms with Crippen LogP contribution in [0.4, 0.5) is 0 Å². The molecule has 0 fully saturated rings. The van der Waals surface area contributed by atoms with E-state index in [4.69, 9.17) is 12.2 Å². The van der Waals surface area contributed by atoms with Gasteiger partial charge in [0.05, 0.1) is 5.71 Å². The van der Waals surface area contributed by atoms with Crippen LogP contribution in [0.15, 0.2) is 29.6 Å². The molecule has 15 heavy (non-hydrogen) atoms. The van der Waals surface area contributed by atoms with Crippen molar-refractivity contribution in [3.05, 3.63) is 30.1 Å². The SMILES string of the molecule is CCNC(=S)N/N=C(/C)c1ccncc1. The van der Waals surface area contributed by atoms with Crippen LogP contribution in [0.2, 0.25) is 0 Å². The molecule has 4 nitrogen and oxygen atoms in total. The van der Waals surface area contributed by atoms with E-state index in [2.05, 4.69) is 20.8 Å². The Morgan fingerprint density at radius 1 is 1.47 bits per heavy atom. The molecule has 1 aromatic rings. The van der Waals surface area contributed by atoms with Crippen molar-refractivity contribution in [2.24, 2.45) is 5.10 Å². The molecule has 80 valence electrons. The molecule has 0 saturated heterocycles. The lowest BCUT2D eigenvalue weighted by Crippen LogP contribution is -2.32. The van der Waals surface area contributed by atoms with E-state index in [-0.39, 0.29) is 0 Å². The summed E-state index contributed by atoms with van der Waals surface area (Å²) in [6.45, 7) is 4.68. The van der Waals surface area contributed by atoms with Crippen molar-refractivity contribution in [3.8, 4) is 0 Å². The molecule has 0 radical (unpaired) electrons. The first kappa shape index (κ1) is 11.6. The lowest BCUT2D eigenvalue weighted by Gasteiger charge is -2.05. The predicted molar refractivity (Wildman–Crippen MR) is 65.9 cm³/mol. The first-order chi connectivity index (χ1) is 7.24. The van der Waals surface area contributed by atoms with E-state index in [0.29, 0.717) is 5.11 Å². The number of nitrogens with zero attached hydrogens (tertiary/aromatic N) is 2. The summed E-state index contributed by atoms with van der Waals surface area (Å²) in [5.41, 5.74) is 4.67. The largest absolute Gasteiger partial charge is 0.362 e. The Labute approximate surface area is 94.8 Å². The highest BCUT2D eigenvalue weighted by atomic mass is 32.1. The van der Waals surface area contributed by atoms with Crippen LogP contribution >= 0.6 is 12.2 Å². The molecule has 0 bridgehead atoms. The number of hydrogen-bond acceptors (Lipinski definition) is 3. The lowest BCUT2D eigenvalue weighted by molar-refractivity contribution is 0.900. The van der Waals surface area contributed by atoms with Crippen LogP contribution in [0.5, 0.6) is 0 Å². The molecule has 0 aromatic carbocycles. The smallest absolute Gasteiger partial charge is 0.186 e. The highest BCUT2D eigenvalue weighted by Crippen LogP contribution is 1.97. The van der Waals surface area contributed by atoms with Crippen molar-refractivity contribution in [2.75, 3.05) is 6.54 Å². The topological polar surface area (TPSA) is 49.3 Å². The van der Waals surface area contributed by atoms with E-state index in [1.807, 2.05) is 26.0 Å². The molecule has 0 amide bonds. The first-order valence-corrected chi connectivity index (χ1v) is 5.13. The van der Waals surface area contributed by atoms with Gasteiger partial charge in [0.1, 0.15) is 0 Å². The van der Waals surface area contributed by atoms with Gasteiger partial charge in [-0.3, -0.25) is 10.4 Å². The zero-order valence-corrected chi connectivity index (χ0v) is 9.64. The first-order valence-electron chi connectivity index (χ1n) is 4.72. The molecule has 0 unspecified atom stereocenters. The molecule has 5 heteroatoms. The van der Waals surface area contributed by atoms with Crippen molar-refractivity contribution in [2.45, 2.75) is 13.8 Å². The van der Waals surface area contributed by atoms with E-state index in [1.54, 1.807) is 12.4 Å². The summed E-state index contributed by atoms with van der Waals surface area (Å²) in [6, 6.07) is 3.80. The van der Waals surface area contributed by atoms with Gasteiger partial charge < -0.3 is 5.32 Å². The Morgan fingerprint density at radius 3 is 2.73 bits per heavy atom. The average Bonchev–Trinajstić information content (AvgIpc) is 2.27. The molecule has 2 N–H and O–H groups in total. The summed E-state index contributed by atoms with van der Waals surface area (Å²) >= 11 is 4.98. The number of hydrogen-bond donors (Lipinski definition) is 2. The van der Waals surface area contributed by atoms with Crippen molar-refractivity contribution in [1.29, 1.82) is 0 Å². The van der Waals surface area contributed by atoms with Gasteiger partial charge in [-0.05, 0) is 38.2 Å². The van der Waals surface area contributed by atoms with Crippen LogP contribution in [0.1, 0.15) is 19.4 Å². The van der Waals surface area contributed by atoms with Crippen LogP contribution in [0.3, 0.4) is 0 Å². The molecule has 0 saturated carbocycles. The van der Waals surface area contributed by atoms with E-state index in [0.717, 1.165) is 17.8 Å². The fraction of sp³-hybridized carbons (Fsp3) is 0.300. The highest BCUT2D eigenvalue weighted by molar-refractivity contribution is 7.80. The van der Waals surface area contributed by atoms with E-state index < -0.39 is 0 Å². The fourth-order valence-electron chi connectivity index (χ4n) is 0.992. The van der Waals surface area contributed by atoms with Gasteiger partial charge in [-0.1, -0.05) is 0 Å². The van der Waals surface area contributed by atoms with Crippen LogP contribution in [0, 0.1) is 0 Å². The number of thiocarbonyl (C=S) groups is 1. The molecule has 0 atom stereocenters. The van der Waals surface area contributed by atoms with Gasteiger partial charge in [-0.2, -0.15) is 5.10 Å². The van der Waals surface area contributed by atoms with Crippen molar-refractivity contribution < 1.29 is 0 Å². The molecular weight excluding hydrogens is 208 g/mol. The maximum absolute atomic E-state index is 4.98. The second-order valence-electron chi connectivity index (χ2n) is 2.90. The monoisotopic (exact) mass is 222 g/mol. The van der Waals surface area contributed by atoms with Crippen molar-refractivity contribution >= 4 is 23.0 Å². The predicted octanol–water partition coefficient (Wildman–Crippen LogP) is 1.29. The second-order valence-corrected chi connectivity index (χ2v) is 3.31. The molecule has 0 aliphatic heterocycles.